The number of rotatable bonds is 0. The first kappa shape index (κ1) is 281. The molecule has 0 fully saturated rings. The molecule has 0 aromatic rings. The first-order chi connectivity index (χ1) is 1.00. The summed E-state index contributed by atoms with van der Waals surface area (Å²) in [6, 6.07) is 0. The van der Waals surface area contributed by atoms with Crippen LogP contribution in [-0.4, -0.2) is 0 Å². The van der Waals surface area contributed by atoms with E-state index in [-0.39, 0.29) is 151 Å². The zero-order chi connectivity index (χ0) is 2.00. The maximum absolute atomic E-state index is 2.00. The van der Waals surface area contributed by atoms with Gasteiger partial charge in [-0.15, -0.1) is 0 Å². The van der Waals surface area contributed by atoms with Crippen LogP contribution in [0.5, 0.6) is 0 Å². The minimum Gasteiger partial charge on any atom is -0.358 e. The average Bonchev–Trinajstić information content (AvgIpc) is 1.00. The van der Waals surface area contributed by atoms with Crippen LogP contribution in [0.2, 0.25) is 0 Å². The molecule has 0 bridgehead atoms. The summed E-state index contributed by atoms with van der Waals surface area (Å²) in [5.74, 6) is 0. The second kappa shape index (κ2) is 421. The Morgan fingerprint density at radius 1 is 0.429 bits per heavy atom. The van der Waals surface area contributed by atoms with E-state index in [4.69, 9.17) is 0 Å². The SMILES string of the molecule is C.C.C.C.CC.[CH3-].[CH3-].[CH3-].[CH3-].[Cu+].[Cu+].[Cu+].[Pm]. The fraction of sp³-hybridized carbons (Fsp3) is 0.600. The molecule has 0 aromatic carbocycles. The summed E-state index contributed by atoms with van der Waals surface area (Å²) in [6.45, 7) is 4.00. The maximum Gasteiger partial charge on any atom is 1.00 e. The number of hydrogen-bond acceptors (Lipinski definition) is 0. The standard InChI is InChI=1S/C2H6.4CH4.4CH3.3Cu.Pm/c1-2;;;;;;;;;;;;/h1-2H3;4*1H4;4*1H3;;;;/q;;;;;4*-1;3*+1;. The van der Waals surface area contributed by atoms with Crippen molar-refractivity contribution in [3.8, 4) is 0 Å². The quantitative estimate of drug-likeness (QED) is 0.317. The van der Waals surface area contributed by atoms with Crippen molar-refractivity contribution in [3.05, 3.63) is 29.7 Å². The predicted molar refractivity (Wildman–Crippen MR) is 63.9 cm³/mol. The van der Waals surface area contributed by atoms with Gasteiger partial charge in [-0.25, -0.2) is 0 Å². The number of hydrogen-bond donors (Lipinski definition) is 0. The van der Waals surface area contributed by atoms with Crippen molar-refractivity contribution in [1.29, 1.82) is 0 Å². The molecule has 0 unspecified atom stereocenters. The molecule has 0 aliphatic rings. The molecule has 0 atom stereocenters. The molecule has 0 heterocycles. The molecule has 0 spiro atoms. The van der Waals surface area contributed by atoms with E-state index in [9.17, 15) is 0 Å². The monoisotopic (exact) mass is 488 g/mol. The zero-order valence-corrected chi connectivity index (χ0v) is 13.0. The van der Waals surface area contributed by atoms with Gasteiger partial charge in [-0.2, -0.15) is 0 Å². The Hall–Kier alpha value is 2.90. The van der Waals surface area contributed by atoms with Crippen molar-refractivity contribution in [2.45, 2.75) is 43.6 Å². The van der Waals surface area contributed by atoms with Crippen molar-refractivity contribution in [3.63, 3.8) is 0 Å². The third kappa shape index (κ3) is 343. The third-order valence-corrected chi connectivity index (χ3v) is 0. The summed E-state index contributed by atoms with van der Waals surface area (Å²) in [4.78, 5) is 0. The van der Waals surface area contributed by atoms with Gasteiger partial charge in [-0.05, 0) is 0 Å². The summed E-state index contributed by atoms with van der Waals surface area (Å²) in [7, 11) is 0. The van der Waals surface area contributed by atoms with Gasteiger partial charge >= 0.3 is 51.2 Å². The fourth-order valence-corrected chi connectivity index (χ4v) is 0. The Labute approximate surface area is 162 Å². The normalized spacial score (nSPS) is 0.429. The van der Waals surface area contributed by atoms with E-state index in [1.165, 1.54) is 0 Å². The molecule has 0 rings (SSSR count). The van der Waals surface area contributed by atoms with E-state index in [0.29, 0.717) is 0 Å². The molecular weight excluding hydrogens is 456 g/mol. The Morgan fingerprint density at radius 3 is 0.429 bits per heavy atom. The van der Waals surface area contributed by atoms with Gasteiger partial charge in [-0.3, -0.25) is 0 Å². The molecular formula is C10H34Cu3Pm-. The second-order valence-electron chi connectivity index (χ2n) is 0. The Morgan fingerprint density at radius 2 is 0.429 bits per heavy atom. The average molecular weight is 490 g/mol. The zero-order valence-electron chi connectivity index (χ0n) is 7.35. The molecule has 0 aliphatic carbocycles. The van der Waals surface area contributed by atoms with Crippen LogP contribution in [0.15, 0.2) is 0 Å². The van der Waals surface area contributed by atoms with Gasteiger partial charge in [0.2, 0.25) is 0 Å². The van der Waals surface area contributed by atoms with Crippen molar-refractivity contribution >= 4 is 0 Å². The fourth-order valence-electron chi connectivity index (χ4n) is 0. The van der Waals surface area contributed by atoms with Crippen LogP contribution >= 0.6 is 0 Å². The first-order valence-corrected chi connectivity index (χ1v) is 1.00. The van der Waals surface area contributed by atoms with Crippen LogP contribution < -0.4 is 0 Å². The molecule has 0 nitrogen and oxygen atoms in total. The van der Waals surface area contributed by atoms with Crippen LogP contribution in [0.3, 0.4) is 0 Å². The van der Waals surface area contributed by atoms with Crippen molar-refractivity contribution in [1.82, 2.24) is 0 Å². The molecule has 14 heavy (non-hydrogen) atoms. The van der Waals surface area contributed by atoms with E-state index in [1.54, 1.807) is 0 Å². The Bertz CT molecular complexity index is 15.3. The van der Waals surface area contributed by atoms with Crippen LogP contribution in [0.1, 0.15) is 43.6 Å². The summed E-state index contributed by atoms with van der Waals surface area (Å²) in [6.07, 6.45) is 0. The largest absolute Gasteiger partial charge is 1.00 e. The molecule has 0 aromatic heterocycles. The molecule has 1 radical (unpaired) electrons. The van der Waals surface area contributed by atoms with Gasteiger partial charge in [0.15, 0.2) is 0 Å². The summed E-state index contributed by atoms with van der Waals surface area (Å²) in [5, 5.41) is 0. The van der Waals surface area contributed by atoms with Gasteiger partial charge in [0.1, 0.15) is 0 Å². The van der Waals surface area contributed by atoms with Crippen LogP contribution in [0.25, 0.3) is 0 Å². The molecule has 113 valence electrons. The van der Waals surface area contributed by atoms with Gasteiger partial charge in [-0.1, -0.05) is 43.6 Å². The summed E-state index contributed by atoms with van der Waals surface area (Å²) < 4.78 is 0. The van der Waals surface area contributed by atoms with Crippen molar-refractivity contribution in [2.24, 2.45) is 0 Å². The van der Waals surface area contributed by atoms with Gasteiger partial charge in [0.25, 0.3) is 0 Å². The Balaban J connectivity index is -0.0000000000758. The topological polar surface area (TPSA) is 0 Å². The van der Waals surface area contributed by atoms with E-state index >= 15 is 0 Å². The molecule has 0 aliphatic heterocycles. The first-order valence-electron chi connectivity index (χ1n) is 1.00. The molecule has 0 N–H and O–H groups in total. The van der Waals surface area contributed by atoms with Crippen LogP contribution in [-0.2, 0) is 51.2 Å². The second-order valence-corrected chi connectivity index (χ2v) is 0. The van der Waals surface area contributed by atoms with E-state index in [2.05, 4.69) is 0 Å². The third-order valence-electron chi connectivity index (χ3n) is 0. The molecule has 0 saturated heterocycles. The van der Waals surface area contributed by atoms with Gasteiger partial charge in [0, 0.05) is 40.4 Å². The van der Waals surface area contributed by atoms with E-state index in [1.807, 2.05) is 13.8 Å². The summed E-state index contributed by atoms with van der Waals surface area (Å²) >= 11 is 0. The summed E-state index contributed by atoms with van der Waals surface area (Å²) in [5.41, 5.74) is 0. The van der Waals surface area contributed by atoms with Gasteiger partial charge < -0.3 is 29.7 Å². The maximum atomic E-state index is 2.00. The molecule has 0 saturated carbocycles. The van der Waals surface area contributed by atoms with E-state index in [0.717, 1.165) is 0 Å². The van der Waals surface area contributed by atoms with Crippen molar-refractivity contribution < 1.29 is 91.6 Å². The van der Waals surface area contributed by atoms with Crippen LogP contribution in [0, 0.1) is 70.1 Å². The Kier molecular flexibility index (Phi) is 8450. The minimum absolute atomic E-state index is 0. The van der Waals surface area contributed by atoms with E-state index < -0.39 is 0 Å². The minimum atomic E-state index is 0. The molecule has 0 amide bonds. The molecule has 4 heteroatoms. The van der Waals surface area contributed by atoms with Crippen molar-refractivity contribution in [2.75, 3.05) is 0 Å². The predicted octanol–water partition coefficient (Wildman–Crippen LogP) is 5.36. The smallest absolute Gasteiger partial charge is 0.358 e. The van der Waals surface area contributed by atoms with Gasteiger partial charge in [0.05, 0.1) is 0 Å². The van der Waals surface area contributed by atoms with Crippen LogP contribution in [0.4, 0.5) is 0 Å².